The van der Waals surface area contributed by atoms with Crippen LogP contribution in [0.3, 0.4) is 0 Å². The van der Waals surface area contributed by atoms with Crippen LogP contribution in [0.5, 0.6) is 11.5 Å². The van der Waals surface area contributed by atoms with E-state index in [1.54, 1.807) is 31.4 Å². The quantitative estimate of drug-likeness (QED) is 0.402. The second kappa shape index (κ2) is 9.21. The highest BCUT2D eigenvalue weighted by molar-refractivity contribution is 6.03. The monoisotopic (exact) mass is 367 g/mol. The molecular weight excluding hydrogens is 342 g/mol. The summed E-state index contributed by atoms with van der Waals surface area (Å²) in [6.45, 7) is 2.79. The molecule has 1 aliphatic rings. The molecule has 0 spiro atoms. The van der Waals surface area contributed by atoms with Crippen molar-refractivity contribution in [3.63, 3.8) is 0 Å². The Morgan fingerprint density at radius 1 is 1.07 bits per heavy atom. The average molecular weight is 367 g/mol. The molecule has 2 aromatic rings. The summed E-state index contributed by atoms with van der Waals surface area (Å²) in [6, 6.07) is 12.8. The van der Waals surface area contributed by atoms with Crippen LogP contribution in [0.1, 0.15) is 54.1 Å². The molecular formula is C22H25NO4. The summed E-state index contributed by atoms with van der Waals surface area (Å²) in [5, 5.41) is 4.13. The molecule has 0 unspecified atom stereocenters. The van der Waals surface area contributed by atoms with Gasteiger partial charge in [0.15, 0.2) is 0 Å². The third-order valence-corrected chi connectivity index (χ3v) is 4.58. The van der Waals surface area contributed by atoms with Gasteiger partial charge in [0.1, 0.15) is 11.5 Å². The minimum atomic E-state index is -0.469. The largest absolute Gasteiger partial charge is 0.497 e. The molecule has 0 heterocycles. The molecule has 0 N–H and O–H groups in total. The van der Waals surface area contributed by atoms with E-state index >= 15 is 0 Å². The zero-order chi connectivity index (χ0) is 19.1. The van der Waals surface area contributed by atoms with Gasteiger partial charge in [-0.25, -0.2) is 4.79 Å². The number of nitrogens with zero attached hydrogens (tertiary/aromatic N) is 1. The Labute approximate surface area is 159 Å². The van der Waals surface area contributed by atoms with Crippen LogP contribution in [0.25, 0.3) is 0 Å². The van der Waals surface area contributed by atoms with Crippen LogP contribution >= 0.6 is 0 Å². The van der Waals surface area contributed by atoms with Gasteiger partial charge in [0, 0.05) is 5.56 Å². The molecule has 5 heteroatoms. The fourth-order valence-corrected chi connectivity index (χ4v) is 3.03. The molecule has 5 nitrogen and oxygen atoms in total. The highest BCUT2D eigenvalue weighted by atomic mass is 16.7. The van der Waals surface area contributed by atoms with E-state index in [0.717, 1.165) is 54.9 Å². The van der Waals surface area contributed by atoms with Crippen LogP contribution in [0, 0.1) is 0 Å². The molecule has 27 heavy (non-hydrogen) atoms. The molecule has 142 valence electrons. The standard InChI is InChI=1S/C22H25NO4/c1-3-4-14-26-18-10-8-16(9-11-18)22(24)27-23-21-7-5-6-17-15-19(25-2)12-13-20(17)21/h8-13,15H,3-7,14H2,1-2H3/b23-21-. The first-order valence-electron chi connectivity index (χ1n) is 9.39. The third kappa shape index (κ3) is 4.88. The van der Waals surface area contributed by atoms with Crippen molar-refractivity contribution in [3.05, 3.63) is 59.2 Å². The number of benzene rings is 2. The Morgan fingerprint density at radius 3 is 2.59 bits per heavy atom. The van der Waals surface area contributed by atoms with Crippen LogP contribution in [0.15, 0.2) is 47.6 Å². The number of carbonyl (C=O) groups is 1. The summed E-state index contributed by atoms with van der Waals surface area (Å²) in [4.78, 5) is 17.5. The number of rotatable bonds is 7. The predicted molar refractivity (Wildman–Crippen MR) is 105 cm³/mol. The molecule has 0 amide bonds. The van der Waals surface area contributed by atoms with Crippen molar-refractivity contribution in [1.82, 2.24) is 0 Å². The van der Waals surface area contributed by atoms with Gasteiger partial charge in [0.25, 0.3) is 0 Å². The van der Waals surface area contributed by atoms with Crippen molar-refractivity contribution in [2.24, 2.45) is 5.16 Å². The number of unbranched alkanes of at least 4 members (excludes halogenated alkanes) is 1. The molecule has 0 bridgehead atoms. The lowest BCUT2D eigenvalue weighted by molar-refractivity contribution is 0.0515. The Morgan fingerprint density at radius 2 is 1.85 bits per heavy atom. The van der Waals surface area contributed by atoms with Gasteiger partial charge in [-0.3, -0.25) is 0 Å². The minimum absolute atomic E-state index is 0.452. The number of methoxy groups -OCH3 is 1. The van der Waals surface area contributed by atoms with Crippen LogP contribution in [0.2, 0.25) is 0 Å². The highest BCUT2D eigenvalue weighted by Crippen LogP contribution is 2.26. The smallest absolute Gasteiger partial charge is 0.365 e. The molecule has 0 fully saturated rings. The predicted octanol–water partition coefficient (Wildman–Crippen LogP) is 4.77. The Hall–Kier alpha value is -2.82. The van der Waals surface area contributed by atoms with E-state index in [4.69, 9.17) is 14.3 Å². The van der Waals surface area contributed by atoms with Crippen molar-refractivity contribution in [2.45, 2.75) is 39.0 Å². The van der Waals surface area contributed by atoms with Crippen LogP contribution < -0.4 is 9.47 Å². The van der Waals surface area contributed by atoms with Crippen molar-refractivity contribution >= 4 is 11.7 Å². The number of aryl methyl sites for hydroxylation is 1. The zero-order valence-electron chi connectivity index (χ0n) is 15.9. The lowest BCUT2D eigenvalue weighted by atomic mass is 9.90. The van der Waals surface area contributed by atoms with E-state index in [9.17, 15) is 4.79 Å². The summed E-state index contributed by atoms with van der Waals surface area (Å²) < 4.78 is 10.9. The van der Waals surface area contributed by atoms with E-state index in [1.165, 1.54) is 5.56 Å². The fourth-order valence-electron chi connectivity index (χ4n) is 3.03. The first-order valence-corrected chi connectivity index (χ1v) is 9.39. The van der Waals surface area contributed by atoms with E-state index in [-0.39, 0.29) is 0 Å². The molecule has 1 aliphatic carbocycles. The molecule has 0 aromatic heterocycles. The van der Waals surface area contributed by atoms with Gasteiger partial charge in [-0.2, -0.15) is 0 Å². The van der Waals surface area contributed by atoms with Crippen molar-refractivity contribution in [1.29, 1.82) is 0 Å². The zero-order valence-corrected chi connectivity index (χ0v) is 15.9. The van der Waals surface area contributed by atoms with Crippen LogP contribution in [0.4, 0.5) is 0 Å². The fraction of sp³-hybridized carbons (Fsp3) is 0.364. The van der Waals surface area contributed by atoms with Gasteiger partial charge >= 0.3 is 5.97 Å². The first-order chi connectivity index (χ1) is 13.2. The van der Waals surface area contributed by atoms with E-state index in [0.29, 0.717) is 12.2 Å². The molecule has 3 rings (SSSR count). The molecule has 0 radical (unpaired) electrons. The maximum absolute atomic E-state index is 12.3. The third-order valence-electron chi connectivity index (χ3n) is 4.58. The topological polar surface area (TPSA) is 57.1 Å². The lowest BCUT2D eigenvalue weighted by Gasteiger charge is -2.17. The van der Waals surface area contributed by atoms with E-state index in [1.807, 2.05) is 18.2 Å². The van der Waals surface area contributed by atoms with Gasteiger partial charge in [0.05, 0.1) is 25.0 Å². The molecule has 0 saturated heterocycles. The lowest BCUT2D eigenvalue weighted by Crippen LogP contribution is -2.13. The van der Waals surface area contributed by atoms with Gasteiger partial charge in [0.2, 0.25) is 0 Å². The Bertz CT molecular complexity index is 812. The van der Waals surface area contributed by atoms with Crippen molar-refractivity contribution < 1.29 is 19.1 Å². The highest BCUT2D eigenvalue weighted by Gasteiger charge is 2.18. The summed E-state index contributed by atoms with van der Waals surface area (Å²) in [6.07, 6.45) is 4.82. The SMILES string of the molecule is CCCCOc1ccc(C(=O)O/N=C2/CCCc3cc(OC)ccc32)cc1. The Balaban J connectivity index is 1.65. The number of hydrogen-bond donors (Lipinski definition) is 0. The minimum Gasteiger partial charge on any atom is -0.497 e. The Kier molecular flexibility index (Phi) is 6.47. The normalized spacial score (nSPS) is 14.5. The number of oxime groups is 1. The summed E-state index contributed by atoms with van der Waals surface area (Å²) >= 11 is 0. The van der Waals surface area contributed by atoms with Crippen LogP contribution in [-0.2, 0) is 11.3 Å². The van der Waals surface area contributed by atoms with Gasteiger partial charge in [-0.05, 0) is 73.7 Å². The summed E-state index contributed by atoms with van der Waals surface area (Å²) in [5.41, 5.74) is 3.44. The van der Waals surface area contributed by atoms with Crippen molar-refractivity contribution in [3.8, 4) is 11.5 Å². The van der Waals surface area contributed by atoms with Gasteiger partial charge in [-0.1, -0.05) is 18.5 Å². The maximum Gasteiger partial charge on any atom is 0.365 e. The second-order valence-electron chi connectivity index (χ2n) is 6.52. The molecule has 0 saturated carbocycles. The molecule has 0 aliphatic heterocycles. The number of ether oxygens (including phenoxy) is 2. The molecule has 0 atom stereocenters. The van der Waals surface area contributed by atoms with Gasteiger partial charge < -0.3 is 14.3 Å². The van der Waals surface area contributed by atoms with Crippen LogP contribution in [-0.4, -0.2) is 25.4 Å². The maximum atomic E-state index is 12.3. The van der Waals surface area contributed by atoms with E-state index < -0.39 is 5.97 Å². The number of carbonyl (C=O) groups excluding carboxylic acids is 1. The number of hydrogen-bond acceptors (Lipinski definition) is 5. The summed E-state index contributed by atoms with van der Waals surface area (Å²) in [5.74, 6) is 1.11. The van der Waals surface area contributed by atoms with E-state index in [2.05, 4.69) is 12.1 Å². The number of fused-ring (bicyclic) bond motifs is 1. The first kappa shape index (κ1) is 19.0. The second-order valence-corrected chi connectivity index (χ2v) is 6.52. The van der Waals surface area contributed by atoms with Gasteiger partial charge in [-0.15, -0.1) is 0 Å². The average Bonchev–Trinajstić information content (AvgIpc) is 2.72. The summed E-state index contributed by atoms with van der Waals surface area (Å²) in [7, 11) is 1.65. The molecule has 2 aromatic carbocycles. The van der Waals surface area contributed by atoms with Crippen molar-refractivity contribution in [2.75, 3.05) is 13.7 Å².